The van der Waals surface area contributed by atoms with Crippen molar-refractivity contribution in [1.82, 2.24) is 10.7 Å². The van der Waals surface area contributed by atoms with Crippen LogP contribution in [-0.2, 0) is 4.79 Å². The van der Waals surface area contributed by atoms with E-state index in [0.29, 0.717) is 32.5 Å². The van der Waals surface area contributed by atoms with Gasteiger partial charge in [0, 0.05) is 29.8 Å². The normalized spacial score (nSPS) is 11.1. The van der Waals surface area contributed by atoms with Gasteiger partial charge in [0.2, 0.25) is 0 Å². The lowest BCUT2D eigenvalue weighted by molar-refractivity contribution is -0.117. The van der Waals surface area contributed by atoms with Crippen LogP contribution in [0.1, 0.15) is 31.8 Å². The predicted octanol–water partition coefficient (Wildman–Crippen LogP) is 5.66. The number of esters is 1. The predicted molar refractivity (Wildman–Crippen MR) is 170 cm³/mol. The first kappa shape index (κ1) is 30.7. The number of carbonyl (C=O) groups excluding carboxylic acids is 3. The number of anilines is 1. The van der Waals surface area contributed by atoms with Crippen molar-refractivity contribution in [3.05, 3.63) is 129 Å². The molecule has 0 aliphatic heterocycles. The highest BCUT2D eigenvalue weighted by atomic mass is 79.9. The second kappa shape index (κ2) is 14.6. The maximum Gasteiger partial charge on any atom is 0.344 e. The van der Waals surface area contributed by atoms with Gasteiger partial charge in [-0.1, -0.05) is 42.5 Å². The molecular formula is C33H29BrN4O5. The molecule has 0 atom stereocenters. The van der Waals surface area contributed by atoms with Crippen molar-refractivity contribution < 1.29 is 23.9 Å². The third-order valence-corrected chi connectivity index (χ3v) is 6.80. The van der Waals surface area contributed by atoms with Gasteiger partial charge in [-0.05, 0) is 87.7 Å². The Morgan fingerprint density at radius 3 is 2.19 bits per heavy atom. The fourth-order valence-electron chi connectivity index (χ4n) is 3.83. The number of methoxy groups -OCH3 is 1. The molecule has 0 saturated heterocycles. The quantitative estimate of drug-likeness (QED) is 0.0761. The van der Waals surface area contributed by atoms with Crippen molar-refractivity contribution in [3.8, 4) is 11.5 Å². The Morgan fingerprint density at radius 2 is 1.51 bits per heavy atom. The number of carbonyl (C=O) groups is 3. The Labute approximate surface area is 258 Å². The summed E-state index contributed by atoms with van der Waals surface area (Å²) in [5.41, 5.74) is 5.51. The number of ether oxygens (including phenoxy) is 2. The van der Waals surface area contributed by atoms with E-state index in [9.17, 15) is 14.4 Å². The maximum atomic E-state index is 13.1. The summed E-state index contributed by atoms with van der Waals surface area (Å²) >= 11 is 3.35. The van der Waals surface area contributed by atoms with Gasteiger partial charge in [0.05, 0.1) is 18.9 Å². The number of hydrogen-bond donors (Lipinski definition) is 2. The van der Waals surface area contributed by atoms with Crippen LogP contribution in [0.15, 0.2) is 112 Å². The zero-order chi connectivity index (χ0) is 30.8. The monoisotopic (exact) mass is 640 g/mol. The van der Waals surface area contributed by atoms with Crippen LogP contribution in [0.5, 0.6) is 11.5 Å². The lowest BCUT2D eigenvalue weighted by atomic mass is 10.1. The third kappa shape index (κ3) is 8.40. The van der Waals surface area contributed by atoms with Gasteiger partial charge in [0.1, 0.15) is 5.70 Å². The molecular weight excluding hydrogens is 612 g/mol. The van der Waals surface area contributed by atoms with Crippen LogP contribution in [0, 0.1) is 0 Å². The van der Waals surface area contributed by atoms with Crippen molar-refractivity contribution >= 4 is 51.7 Å². The summed E-state index contributed by atoms with van der Waals surface area (Å²) in [5.74, 6) is -1.09. The lowest BCUT2D eigenvalue weighted by Crippen LogP contribution is -2.32. The van der Waals surface area contributed by atoms with Gasteiger partial charge in [-0.3, -0.25) is 9.59 Å². The molecule has 0 aliphatic rings. The van der Waals surface area contributed by atoms with Gasteiger partial charge in [0.25, 0.3) is 11.8 Å². The minimum atomic E-state index is -0.622. The molecule has 9 nitrogen and oxygen atoms in total. The molecule has 0 saturated carbocycles. The lowest BCUT2D eigenvalue weighted by Gasteiger charge is -2.13. The molecule has 0 bridgehead atoms. The van der Waals surface area contributed by atoms with Gasteiger partial charge in [0.15, 0.2) is 11.5 Å². The van der Waals surface area contributed by atoms with E-state index in [1.165, 1.54) is 13.3 Å². The van der Waals surface area contributed by atoms with Gasteiger partial charge in [-0.2, -0.15) is 5.10 Å². The molecule has 2 N–H and O–H groups in total. The summed E-state index contributed by atoms with van der Waals surface area (Å²) < 4.78 is 11.5. The van der Waals surface area contributed by atoms with E-state index < -0.39 is 17.8 Å². The topological polar surface area (TPSA) is 109 Å². The molecule has 2 amide bonds. The van der Waals surface area contributed by atoms with Crippen LogP contribution in [0.3, 0.4) is 0 Å². The molecule has 4 rings (SSSR count). The first-order valence-corrected chi connectivity index (χ1v) is 13.9. The number of hydrazone groups is 1. The molecule has 0 aliphatic carbocycles. The summed E-state index contributed by atoms with van der Waals surface area (Å²) in [6.45, 7) is 0. The highest BCUT2D eigenvalue weighted by Crippen LogP contribution is 2.29. The molecule has 10 heteroatoms. The van der Waals surface area contributed by atoms with Crippen molar-refractivity contribution in [1.29, 1.82) is 0 Å². The number of halogens is 1. The van der Waals surface area contributed by atoms with Crippen LogP contribution >= 0.6 is 15.9 Å². The van der Waals surface area contributed by atoms with Crippen LogP contribution in [0.2, 0.25) is 0 Å². The summed E-state index contributed by atoms with van der Waals surface area (Å²) in [5, 5.41) is 6.74. The minimum Gasteiger partial charge on any atom is -0.493 e. The number of nitrogens with zero attached hydrogens (tertiary/aromatic N) is 2. The molecule has 0 radical (unpaired) electrons. The average molecular weight is 642 g/mol. The highest BCUT2D eigenvalue weighted by molar-refractivity contribution is 9.10. The SMILES string of the molecule is COc1cc(/C=N/NC(=O)/C(=C\c2ccc(N(C)C)cc2)NC(=O)c2ccccc2)ccc1OC(=O)c1ccccc1Br. The van der Waals surface area contributed by atoms with E-state index in [1.807, 2.05) is 43.3 Å². The van der Waals surface area contributed by atoms with Crippen LogP contribution in [0.25, 0.3) is 6.08 Å². The summed E-state index contributed by atoms with van der Waals surface area (Å²) in [6.07, 6.45) is 2.98. The zero-order valence-corrected chi connectivity index (χ0v) is 25.3. The Balaban J connectivity index is 1.49. The van der Waals surface area contributed by atoms with E-state index in [4.69, 9.17) is 9.47 Å². The summed E-state index contributed by atoms with van der Waals surface area (Å²) in [6, 6.07) is 27.9. The highest BCUT2D eigenvalue weighted by Gasteiger charge is 2.16. The largest absolute Gasteiger partial charge is 0.493 e. The molecule has 0 heterocycles. The van der Waals surface area contributed by atoms with Gasteiger partial charge < -0.3 is 19.7 Å². The van der Waals surface area contributed by atoms with Crippen molar-refractivity contribution in [3.63, 3.8) is 0 Å². The Hall–Kier alpha value is -5.22. The van der Waals surface area contributed by atoms with Crippen LogP contribution in [0.4, 0.5) is 5.69 Å². The van der Waals surface area contributed by atoms with Crippen LogP contribution in [-0.4, -0.2) is 45.2 Å². The second-order valence-electron chi connectivity index (χ2n) is 9.34. The fraction of sp³-hybridized carbons (Fsp3) is 0.0909. The Kier molecular flexibility index (Phi) is 10.4. The maximum absolute atomic E-state index is 13.1. The van der Waals surface area contributed by atoms with Gasteiger partial charge in [-0.25, -0.2) is 10.2 Å². The molecule has 0 spiro atoms. The van der Waals surface area contributed by atoms with E-state index in [-0.39, 0.29) is 11.4 Å². The molecule has 4 aromatic rings. The Morgan fingerprint density at radius 1 is 0.837 bits per heavy atom. The average Bonchev–Trinajstić information content (AvgIpc) is 3.02. The molecule has 0 unspecified atom stereocenters. The number of amides is 2. The van der Waals surface area contributed by atoms with Gasteiger partial charge >= 0.3 is 5.97 Å². The number of benzene rings is 4. The molecule has 43 heavy (non-hydrogen) atoms. The number of hydrogen-bond acceptors (Lipinski definition) is 7. The van der Waals surface area contributed by atoms with E-state index in [0.717, 1.165) is 5.69 Å². The third-order valence-electron chi connectivity index (χ3n) is 6.11. The van der Waals surface area contributed by atoms with Crippen molar-refractivity contribution in [2.24, 2.45) is 5.10 Å². The first-order valence-electron chi connectivity index (χ1n) is 13.1. The minimum absolute atomic E-state index is 0.00974. The molecule has 4 aromatic carbocycles. The molecule has 0 fully saturated rings. The number of nitrogens with one attached hydrogen (secondary N) is 2. The van der Waals surface area contributed by atoms with Crippen molar-refractivity contribution in [2.75, 3.05) is 26.1 Å². The van der Waals surface area contributed by atoms with E-state index >= 15 is 0 Å². The fourth-order valence-corrected chi connectivity index (χ4v) is 4.28. The van der Waals surface area contributed by atoms with E-state index in [2.05, 4.69) is 31.8 Å². The molecule has 0 aromatic heterocycles. The summed E-state index contributed by atoms with van der Waals surface area (Å²) in [7, 11) is 5.31. The summed E-state index contributed by atoms with van der Waals surface area (Å²) in [4.78, 5) is 40.6. The smallest absolute Gasteiger partial charge is 0.344 e. The Bertz CT molecular complexity index is 1670. The zero-order valence-electron chi connectivity index (χ0n) is 23.7. The number of rotatable bonds is 10. The van der Waals surface area contributed by atoms with Crippen LogP contribution < -0.4 is 25.1 Å². The standard InChI is InChI=1S/C33H29BrN4O5/c1-38(2)25-16-13-22(14-17-25)19-28(36-31(39)24-9-5-4-6-10-24)32(40)37-35-21-23-15-18-29(30(20-23)42-3)43-33(41)26-11-7-8-12-27(26)34/h4-21H,1-3H3,(H,36,39)(H,37,40)/b28-19+,35-21+. The van der Waals surface area contributed by atoms with Gasteiger partial charge in [-0.15, -0.1) is 0 Å². The van der Waals surface area contributed by atoms with Crippen molar-refractivity contribution in [2.45, 2.75) is 0 Å². The molecule has 218 valence electrons. The second-order valence-corrected chi connectivity index (χ2v) is 10.2. The first-order chi connectivity index (χ1) is 20.7. The van der Waals surface area contributed by atoms with E-state index in [1.54, 1.807) is 78.9 Å².